The molecule has 3 nitrogen and oxygen atoms in total. The molecule has 4 heteroatoms. The molecular formula is C15H23FN2O. The van der Waals surface area contributed by atoms with Crippen LogP contribution in [0, 0.1) is 18.2 Å². The minimum atomic E-state index is -0.362. The molecule has 1 unspecified atom stereocenters. The molecule has 0 saturated heterocycles. The number of rotatable bonds is 4. The molecular weight excluding hydrogens is 243 g/mol. The second-order valence-corrected chi connectivity index (χ2v) is 5.93. The van der Waals surface area contributed by atoms with Crippen LogP contribution < -0.4 is 11.1 Å². The van der Waals surface area contributed by atoms with E-state index in [1.807, 2.05) is 20.8 Å². The van der Waals surface area contributed by atoms with Crippen molar-refractivity contribution in [1.29, 1.82) is 0 Å². The first-order valence-corrected chi connectivity index (χ1v) is 6.52. The van der Waals surface area contributed by atoms with Gasteiger partial charge in [-0.15, -0.1) is 0 Å². The van der Waals surface area contributed by atoms with Gasteiger partial charge in [0.1, 0.15) is 5.82 Å². The maximum absolute atomic E-state index is 13.5. The van der Waals surface area contributed by atoms with Crippen LogP contribution in [0.4, 0.5) is 4.39 Å². The monoisotopic (exact) mass is 266 g/mol. The molecule has 106 valence electrons. The highest BCUT2D eigenvalue weighted by molar-refractivity contribution is 5.94. The van der Waals surface area contributed by atoms with Gasteiger partial charge in [0, 0.05) is 11.6 Å². The molecule has 0 fully saturated rings. The Morgan fingerprint density at radius 2 is 2.05 bits per heavy atom. The third-order valence-corrected chi connectivity index (χ3v) is 3.24. The largest absolute Gasteiger partial charge is 0.349 e. The van der Waals surface area contributed by atoms with Crippen LogP contribution in [0.25, 0.3) is 0 Å². The van der Waals surface area contributed by atoms with Gasteiger partial charge in [0.25, 0.3) is 5.91 Å². The van der Waals surface area contributed by atoms with Gasteiger partial charge in [0.15, 0.2) is 0 Å². The molecule has 0 heterocycles. The van der Waals surface area contributed by atoms with E-state index in [1.165, 1.54) is 6.07 Å². The molecule has 3 N–H and O–H groups in total. The second-order valence-electron chi connectivity index (χ2n) is 5.93. The Morgan fingerprint density at radius 3 is 2.53 bits per heavy atom. The van der Waals surface area contributed by atoms with Crippen LogP contribution in [0.3, 0.4) is 0 Å². The van der Waals surface area contributed by atoms with E-state index in [2.05, 4.69) is 5.32 Å². The summed E-state index contributed by atoms with van der Waals surface area (Å²) in [5.74, 6) is -0.619. The van der Waals surface area contributed by atoms with Gasteiger partial charge in [0.2, 0.25) is 0 Å². The topological polar surface area (TPSA) is 55.1 Å². The van der Waals surface area contributed by atoms with Gasteiger partial charge < -0.3 is 11.1 Å². The zero-order chi connectivity index (χ0) is 14.6. The average Bonchev–Trinajstić information content (AvgIpc) is 2.30. The lowest BCUT2D eigenvalue weighted by Crippen LogP contribution is -2.44. The first-order valence-electron chi connectivity index (χ1n) is 6.52. The van der Waals surface area contributed by atoms with E-state index in [4.69, 9.17) is 5.73 Å². The minimum absolute atomic E-state index is 0.0330. The van der Waals surface area contributed by atoms with E-state index < -0.39 is 0 Å². The maximum Gasteiger partial charge on any atom is 0.251 e. The van der Waals surface area contributed by atoms with Crippen molar-refractivity contribution in [2.24, 2.45) is 11.1 Å². The summed E-state index contributed by atoms with van der Waals surface area (Å²) in [6.07, 6.45) is 0.698. The molecule has 19 heavy (non-hydrogen) atoms. The van der Waals surface area contributed by atoms with Crippen molar-refractivity contribution in [3.05, 3.63) is 35.1 Å². The van der Waals surface area contributed by atoms with Gasteiger partial charge in [-0.2, -0.15) is 0 Å². The number of carbonyl (C=O) groups is 1. The van der Waals surface area contributed by atoms with Gasteiger partial charge in [-0.3, -0.25) is 4.79 Å². The number of carbonyl (C=O) groups excluding carboxylic acids is 1. The van der Waals surface area contributed by atoms with Crippen LogP contribution in [0.5, 0.6) is 0 Å². The zero-order valence-corrected chi connectivity index (χ0v) is 12.1. The molecule has 1 rings (SSSR count). The smallest absolute Gasteiger partial charge is 0.251 e. The van der Waals surface area contributed by atoms with Crippen LogP contribution >= 0.6 is 0 Å². The van der Waals surface area contributed by atoms with Crippen molar-refractivity contribution in [2.75, 3.05) is 6.54 Å². The molecule has 0 bridgehead atoms. The van der Waals surface area contributed by atoms with Crippen molar-refractivity contribution < 1.29 is 9.18 Å². The summed E-state index contributed by atoms with van der Waals surface area (Å²) >= 11 is 0. The van der Waals surface area contributed by atoms with Crippen LogP contribution in [0.15, 0.2) is 18.2 Å². The highest BCUT2D eigenvalue weighted by atomic mass is 19.1. The summed E-state index contributed by atoms with van der Waals surface area (Å²) < 4.78 is 13.5. The summed E-state index contributed by atoms with van der Waals surface area (Å²) in [6.45, 7) is 8.31. The number of nitrogens with two attached hydrogens (primary N) is 1. The predicted molar refractivity (Wildman–Crippen MR) is 75.5 cm³/mol. The zero-order valence-electron chi connectivity index (χ0n) is 12.1. The van der Waals surface area contributed by atoms with Gasteiger partial charge in [-0.25, -0.2) is 4.39 Å². The molecule has 1 aromatic carbocycles. The number of hydrogen-bond acceptors (Lipinski definition) is 2. The lowest BCUT2D eigenvalue weighted by atomic mass is 9.84. The van der Waals surface area contributed by atoms with Crippen molar-refractivity contribution in [2.45, 2.75) is 40.2 Å². The molecule has 0 aliphatic rings. The van der Waals surface area contributed by atoms with E-state index in [9.17, 15) is 9.18 Å². The van der Waals surface area contributed by atoms with Gasteiger partial charge in [0.05, 0.1) is 0 Å². The van der Waals surface area contributed by atoms with Crippen molar-refractivity contribution in [3.63, 3.8) is 0 Å². The van der Waals surface area contributed by atoms with Crippen LogP contribution in [-0.4, -0.2) is 18.5 Å². The van der Waals surface area contributed by atoms with Crippen molar-refractivity contribution in [1.82, 2.24) is 5.32 Å². The van der Waals surface area contributed by atoms with E-state index in [-0.39, 0.29) is 23.2 Å². The molecule has 0 aliphatic carbocycles. The van der Waals surface area contributed by atoms with Crippen LogP contribution in [0.1, 0.15) is 43.1 Å². The van der Waals surface area contributed by atoms with E-state index in [0.717, 1.165) is 0 Å². The molecule has 0 saturated carbocycles. The molecule has 1 amide bonds. The summed E-state index contributed by atoms with van der Waals surface area (Å²) in [6, 6.07) is 4.48. The minimum Gasteiger partial charge on any atom is -0.349 e. The van der Waals surface area contributed by atoms with E-state index >= 15 is 0 Å². The summed E-state index contributed by atoms with van der Waals surface area (Å²) in [5, 5.41) is 2.94. The highest BCUT2D eigenvalue weighted by Gasteiger charge is 2.25. The summed E-state index contributed by atoms with van der Waals surface area (Å²) in [5.41, 5.74) is 6.36. The molecule has 1 atom stereocenters. The van der Waals surface area contributed by atoms with Crippen molar-refractivity contribution in [3.8, 4) is 0 Å². The SMILES string of the molecule is Cc1ccc(C(=O)NC(CCN)C(C)(C)C)cc1F. The average molecular weight is 266 g/mol. The lowest BCUT2D eigenvalue weighted by Gasteiger charge is -2.31. The maximum atomic E-state index is 13.5. The first kappa shape index (κ1) is 15.6. The number of benzene rings is 1. The Hall–Kier alpha value is -1.42. The molecule has 1 aromatic rings. The first-order chi connectivity index (χ1) is 8.75. The Labute approximate surface area is 114 Å². The number of amides is 1. The Bertz CT molecular complexity index is 452. The normalized spacial score (nSPS) is 13.2. The number of aryl methyl sites for hydroxylation is 1. The molecule has 0 spiro atoms. The molecule has 0 aliphatic heterocycles. The second kappa shape index (κ2) is 6.15. The fourth-order valence-electron chi connectivity index (χ4n) is 1.86. The Morgan fingerprint density at radius 1 is 1.42 bits per heavy atom. The third kappa shape index (κ3) is 4.31. The third-order valence-electron chi connectivity index (χ3n) is 3.24. The van der Waals surface area contributed by atoms with Crippen molar-refractivity contribution >= 4 is 5.91 Å². The fourth-order valence-corrected chi connectivity index (χ4v) is 1.86. The molecule has 0 aromatic heterocycles. The highest BCUT2D eigenvalue weighted by Crippen LogP contribution is 2.22. The van der Waals surface area contributed by atoms with Crippen LogP contribution in [-0.2, 0) is 0 Å². The standard InChI is InChI=1S/C15H23FN2O/c1-10-5-6-11(9-12(10)16)14(19)18-13(7-8-17)15(2,3)4/h5-6,9,13H,7-8,17H2,1-4H3,(H,18,19). The Balaban J connectivity index is 2.84. The summed E-state index contributed by atoms with van der Waals surface area (Å²) in [7, 11) is 0. The number of nitrogens with one attached hydrogen (secondary N) is 1. The number of hydrogen-bond donors (Lipinski definition) is 2. The van der Waals surface area contributed by atoms with Crippen LogP contribution in [0.2, 0.25) is 0 Å². The lowest BCUT2D eigenvalue weighted by molar-refractivity contribution is 0.0898. The summed E-state index contributed by atoms with van der Waals surface area (Å²) in [4.78, 5) is 12.1. The van der Waals surface area contributed by atoms with E-state index in [0.29, 0.717) is 24.1 Å². The van der Waals surface area contributed by atoms with Gasteiger partial charge >= 0.3 is 0 Å². The van der Waals surface area contributed by atoms with Gasteiger partial charge in [-0.1, -0.05) is 26.8 Å². The quantitative estimate of drug-likeness (QED) is 0.880. The number of halogens is 1. The Kier molecular flexibility index (Phi) is 5.06. The molecule has 0 radical (unpaired) electrons. The van der Waals surface area contributed by atoms with Gasteiger partial charge in [-0.05, 0) is 43.0 Å². The fraction of sp³-hybridized carbons (Fsp3) is 0.533. The van der Waals surface area contributed by atoms with E-state index in [1.54, 1.807) is 19.1 Å². The predicted octanol–water partition coefficient (Wildman–Crippen LogP) is 2.63.